The molecule has 8 rings (SSSR count). The van der Waals surface area contributed by atoms with Gasteiger partial charge in [-0.15, -0.1) is 0 Å². The first kappa shape index (κ1) is 29.6. The van der Waals surface area contributed by atoms with Crippen LogP contribution < -0.4 is 4.74 Å². The maximum atomic E-state index is 6.79. The van der Waals surface area contributed by atoms with Gasteiger partial charge in [-0.1, -0.05) is 91.0 Å². The van der Waals surface area contributed by atoms with Gasteiger partial charge in [0.15, 0.2) is 0 Å². The van der Waals surface area contributed by atoms with Gasteiger partial charge in [0.05, 0.1) is 36.4 Å². The lowest BCUT2D eigenvalue weighted by molar-refractivity contribution is 0.0244. The van der Waals surface area contributed by atoms with Crippen molar-refractivity contribution < 1.29 is 14.2 Å². The van der Waals surface area contributed by atoms with Gasteiger partial charge >= 0.3 is 0 Å². The van der Waals surface area contributed by atoms with Crippen LogP contribution in [0.5, 0.6) is 5.88 Å². The molecule has 0 amide bonds. The fourth-order valence-corrected chi connectivity index (χ4v) is 7.23. The van der Waals surface area contributed by atoms with E-state index in [1.807, 2.05) is 13.1 Å². The van der Waals surface area contributed by atoms with E-state index in [2.05, 4.69) is 113 Å². The summed E-state index contributed by atoms with van der Waals surface area (Å²) in [5.74, 6) is 0.607. The van der Waals surface area contributed by atoms with Crippen LogP contribution in [0.2, 0.25) is 0 Å². The van der Waals surface area contributed by atoms with Crippen molar-refractivity contribution in [2.75, 3.05) is 26.4 Å². The quantitative estimate of drug-likeness (QED) is 0.165. The van der Waals surface area contributed by atoms with Crippen LogP contribution in [0.15, 0.2) is 109 Å². The molecule has 0 aliphatic carbocycles. The predicted molar refractivity (Wildman–Crippen MR) is 182 cm³/mol. The van der Waals surface area contributed by atoms with E-state index in [1.54, 1.807) is 0 Å². The molecule has 6 aromatic rings. The van der Waals surface area contributed by atoms with E-state index < -0.39 is 5.54 Å². The second-order valence-corrected chi connectivity index (χ2v) is 12.5. The van der Waals surface area contributed by atoms with Crippen LogP contribution >= 0.6 is 0 Å². The number of rotatable bonds is 8. The Balaban J connectivity index is 1.43. The number of pyridine rings is 1. The van der Waals surface area contributed by atoms with Crippen molar-refractivity contribution in [2.45, 2.75) is 50.3 Å². The summed E-state index contributed by atoms with van der Waals surface area (Å²) in [6, 6.07) is 34.5. The average molecular weight is 626 g/mol. The van der Waals surface area contributed by atoms with Crippen molar-refractivity contribution in [2.24, 2.45) is 0 Å². The summed E-state index contributed by atoms with van der Waals surface area (Å²) in [4.78, 5) is 5.03. The van der Waals surface area contributed by atoms with E-state index in [0.717, 1.165) is 83.4 Å². The summed E-state index contributed by atoms with van der Waals surface area (Å²) < 4.78 is 22.4. The van der Waals surface area contributed by atoms with Crippen molar-refractivity contribution in [3.05, 3.63) is 132 Å². The summed E-state index contributed by atoms with van der Waals surface area (Å²) in [6.45, 7) is 4.89. The van der Waals surface area contributed by atoms with E-state index in [4.69, 9.17) is 29.4 Å². The number of aryl methyl sites for hydroxylation is 1. The van der Waals surface area contributed by atoms with Crippen molar-refractivity contribution in [1.82, 2.24) is 24.5 Å². The summed E-state index contributed by atoms with van der Waals surface area (Å²) in [5, 5.41) is 11.4. The molecule has 0 bridgehead atoms. The number of ether oxygens (including phenoxy) is 3. The highest BCUT2D eigenvalue weighted by atomic mass is 16.5. The van der Waals surface area contributed by atoms with Gasteiger partial charge in [0.25, 0.3) is 0 Å². The summed E-state index contributed by atoms with van der Waals surface area (Å²) in [7, 11) is 0. The monoisotopic (exact) mass is 625 g/mol. The highest BCUT2D eigenvalue weighted by Crippen LogP contribution is 2.46. The largest absolute Gasteiger partial charge is 0.474 e. The molecule has 2 fully saturated rings. The van der Waals surface area contributed by atoms with Crippen LogP contribution in [0.25, 0.3) is 22.2 Å². The van der Waals surface area contributed by atoms with Gasteiger partial charge < -0.3 is 14.2 Å². The van der Waals surface area contributed by atoms with Crippen LogP contribution in [0, 0.1) is 6.92 Å². The lowest BCUT2D eigenvalue weighted by Gasteiger charge is -2.37. The van der Waals surface area contributed by atoms with Crippen LogP contribution in [-0.2, 0) is 15.0 Å². The minimum absolute atomic E-state index is 0.0181. The molecule has 3 aromatic carbocycles. The second-order valence-electron chi connectivity index (χ2n) is 12.5. The van der Waals surface area contributed by atoms with Gasteiger partial charge in [-0.3, -0.25) is 4.68 Å². The highest BCUT2D eigenvalue weighted by Gasteiger charge is 2.42. The number of hydrogen-bond donors (Lipinski definition) is 0. The Morgan fingerprint density at radius 1 is 0.745 bits per heavy atom. The van der Waals surface area contributed by atoms with Gasteiger partial charge in [0.2, 0.25) is 5.88 Å². The van der Waals surface area contributed by atoms with Gasteiger partial charge in [0.1, 0.15) is 17.3 Å². The van der Waals surface area contributed by atoms with E-state index in [-0.39, 0.29) is 6.10 Å². The lowest BCUT2D eigenvalue weighted by atomic mass is 9.77. The molecule has 0 saturated carbocycles. The summed E-state index contributed by atoms with van der Waals surface area (Å²) in [6.07, 6.45) is 7.62. The van der Waals surface area contributed by atoms with E-state index >= 15 is 0 Å². The smallest absolute Gasteiger partial charge is 0.225 e. The number of aromatic nitrogens is 5. The zero-order chi connectivity index (χ0) is 31.6. The van der Waals surface area contributed by atoms with Crippen LogP contribution in [0.1, 0.15) is 54.1 Å². The first-order valence-corrected chi connectivity index (χ1v) is 16.7. The zero-order valence-electron chi connectivity index (χ0n) is 26.7. The van der Waals surface area contributed by atoms with Crippen molar-refractivity contribution in [3.63, 3.8) is 0 Å². The maximum absolute atomic E-state index is 6.79. The molecule has 2 aliphatic rings. The molecular formula is C39H39N5O3. The molecule has 0 radical (unpaired) electrons. The number of fused-ring (bicyclic) bond motifs is 1. The average Bonchev–Trinajstić information content (AvgIpc) is 3.77. The fraction of sp³-hybridized carbons (Fsp3) is 0.308. The molecule has 2 saturated heterocycles. The van der Waals surface area contributed by atoms with Gasteiger partial charge in [-0.2, -0.15) is 10.2 Å². The van der Waals surface area contributed by atoms with Crippen LogP contribution in [0.4, 0.5) is 0 Å². The first-order valence-electron chi connectivity index (χ1n) is 16.7. The molecule has 47 heavy (non-hydrogen) atoms. The normalized spacial score (nSPS) is 16.4. The Morgan fingerprint density at radius 3 is 1.87 bits per heavy atom. The van der Waals surface area contributed by atoms with Crippen molar-refractivity contribution in [1.29, 1.82) is 0 Å². The Morgan fingerprint density at radius 2 is 1.30 bits per heavy atom. The van der Waals surface area contributed by atoms with Crippen molar-refractivity contribution >= 4 is 10.9 Å². The second kappa shape index (κ2) is 12.8. The topological polar surface area (TPSA) is 76.2 Å². The Kier molecular flexibility index (Phi) is 8.05. The van der Waals surface area contributed by atoms with E-state index in [9.17, 15) is 0 Å². The van der Waals surface area contributed by atoms with Crippen LogP contribution in [-0.4, -0.2) is 57.1 Å². The first-order chi connectivity index (χ1) is 23.2. The third-order valence-electron chi connectivity index (χ3n) is 9.54. The zero-order valence-corrected chi connectivity index (χ0v) is 26.7. The number of nitrogens with zero attached hydrogens (tertiary/aromatic N) is 5. The van der Waals surface area contributed by atoms with Crippen LogP contribution in [0.3, 0.4) is 0 Å². The number of benzene rings is 3. The van der Waals surface area contributed by atoms with E-state index in [0.29, 0.717) is 25.1 Å². The van der Waals surface area contributed by atoms with Crippen molar-refractivity contribution in [3.8, 4) is 17.1 Å². The molecule has 3 aromatic heterocycles. The predicted octanol–water partition coefficient (Wildman–Crippen LogP) is 7.35. The Hall–Kier alpha value is -4.79. The Bertz CT molecular complexity index is 1850. The molecule has 0 atom stereocenters. The minimum atomic E-state index is -0.805. The Labute approximate surface area is 274 Å². The fourth-order valence-electron chi connectivity index (χ4n) is 7.23. The third-order valence-corrected chi connectivity index (χ3v) is 9.54. The maximum Gasteiger partial charge on any atom is 0.225 e. The standard InChI is InChI=1S/C39H39N5O3/c1-28-25-35-36(38(41-28)47-34-19-23-46-24-20-34)37(29-26-40-43(27-29)33-17-21-45-22-18-33)42-44(35)39(30-11-5-2-6-12-30,31-13-7-3-8-14-31)32-15-9-4-10-16-32/h2-16,25-27,33-34H,17-24H2,1H3. The molecule has 0 unspecified atom stereocenters. The van der Waals surface area contributed by atoms with E-state index in [1.165, 1.54) is 0 Å². The number of hydrogen-bond acceptors (Lipinski definition) is 6. The molecule has 0 spiro atoms. The highest BCUT2D eigenvalue weighted by molar-refractivity contribution is 5.97. The SMILES string of the molecule is Cc1cc2c(c(OC3CCOCC3)n1)c(-c1cnn(C3CCOCC3)c1)nn2C(c1ccccc1)(c1ccccc1)c1ccccc1. The molecule has 5 heterocycles. The third kappa shape index (κ3) is 5.41. The lowest BCUT2D eigenvalue weighted by Crippen LogP contribution is -2.38. The minimum Gasteiger partial charge on any atom is -0.474 e. The molecule has 8 nitrogen and oxygen atoms in total. The molecule has 2 aliphatic heterocycles. The molecule has 8 heteroatoms. The summed E-state index contributed by atoms with van der Waals surface area (Å²) in [5.41, 5.74) is 6.07. The molecule has 238 valence electrons. The molecule has 0 N–H and O–H groups in total. The van der Waals surface area contributed by atoms with Gasteiger partial charge in [-0.25, -0.2) is 9.67 Å². The summed E-state index contributed by atoms with van der Waals surface area (Å²) >= 11 is 0. The van der Waals surface area contributed by atoms with Gasteiger partial charge in [0, 0.05) is 43.5 Å². The van der Waals surface area contributed by atoms with Gasteiger partial charge in [-0.05, 0) is 42.5 Å². The molecular weight excluding hydrogens is 586 g/mol.